The Morgan fingerprint density at radius 1 is 1.18 bits per heavy atom. The second-order valence-corrected chi connectivity index (χ2v) is 6.76. The minimum absolute atomic E-state index is 0.124. The Bertz CT molecular complexity index is 1130. The van der Waals surface area contributed by atoms with Gasteiger partial charge >= 0.3 is 11.1 Å². The van der Waals surface area contributed by atoms with Gasteiger partial charge in [-0.1, -0.05) is 30.3 Å². The summed E-state index contributed by atoms with van der Waals surface area (Å²) in [6.45, 7) is 3.62. The molecule has 1 aliphatic heterocycles. The molecule has 0 bridgehead atoms. The first kappa shape index (κ1) is 18.2. The lowest BCUT2D eigenvalue weighted by Gasteiger charge is -2.33. The maximum absolute atomic E-state index is 13.0. The van der Waals surface area contributed by atoms with E-state index in [0.717, 1.165) is 5.56 Å². The van der Waals surface area contributed by atoms with Crippen LogP contribution in [0.3, 0.4) is 0 Å². The molecule has 1 aliphatic rings. The van der Waals surface area contributed by atoms with Crippen molar-refractivity contribution in [1.82, 2.24) is 14.5 Å². The maximum Gasteiger partial charge on any atom is 0.316 e. The molecule has 0 spiro atoms. The van der Waals surface area contributed by atoms with Crippen molar-refractivity contribution in [3.05, 3.63) is 80.4 Å². The highest BCUT2D eigenvalue weighted by Gasteiger charge is 2.26. The SMILES string of the molecule is CCn1c(=O)c(=O)[nH]c2cc(C(=O)N3CCO[C@H](c4ccccc4)C3)ccc21. The number of H-pyrrole nitrogens is 1. The molecule has 7 nitrogen and oxygen atoms in total. The van der Waals surface area contributed by atoms with Crippen LogP contribution in [0.1, 0.15) is 28.9 Å². The van der Waals surface area contributed by atoms with Crippen LogP contribution < -0.4 is 11.1 Å². The molecule has 4 rings (SSSR count). The fourth-order valence-electron chi connectivity index (χ4n) is 3.61. The third kappa shape index (κ3) is 3.25. The summed E-state index contributed by atoms with van der Waals surface area (Å²) in [4.78, 5) is 41.3. The zero-order chi connectivity index (χ0) is 19.7. The fraction of sp³-hybridized carbons (Fsp3) is 0.286. The van der Waals surface area contributed by atoms with E-state index in [1.54, 1.807) is 30.0 Å². The minimum Gasteiger partial charge on any atom is -0.370 e. The third-order valence-electron chi connectivity index (χ3n) is 5.06. The van der Waals surface area contributed by atoms with E-state index in [1.165, 1.54) is 4.57 Å². The monoisotopic (exact) mass is 379 g/mol. The van der Waals surface area contributed by atoms with Gasteiger partial charge < -0.3 is 19.2 Å². The number of hydrogen-bond acceptors (Lipinski definition) is 4. The number of ether oxygens (including phenoxy) is 1. The Morgan fingerprint density at radius 2 is 1.96 bits per heavy atom. The van der Waals surface area contributed by atoms with Crippen LogP contribution in [0.25, 0.3) is 11.0 Å². The Morgan fingerprint density at radius 3 is 2.71 bits per heavy atom. The number of morpholine rings is 1. The maximum atomic E-state index is 13.0. The summed E-state index contributed by atoms with van der Waals surface area (Å²) in [5, 5.41) is 0. The first-order valence-electron chi connectivity index (χ1n) is 9.31. The average molecular weight is 379 g/mol. The van der Waals surface area contributed by atoms with Crippen LogP contribution in [0.4, 0.5) is 0 Å². The Kier molecular flexibility index (Phi) is 4.83. The number of nitrogens with one attached hydrogen (secondary N) is 1. The predicted octanol–water partition coefficient (Wildman–Crippen LogP) is 1.92. The summed E-state index contributed by atoms with van der Waals surface area (Å²) < 4.78 is 7.24. The number of nitrogens with zero attached hydrogens (tertiary/aromatic N) is 2. The van der Waals surface area contributed by atoms with Crippen LogP contribution in [0.5, 0.6) is 0 Å². The normalized spacial score (nSPS) is 17.0. The molecule has 2 heterocycles. The molecular formula is C21H21N3O4. The van der Waals surface area contributed by atoms with Crippen LogP contribution in [-0.2, 0) is 11.3 Å². The van der Waals surface area contributed by atoms with E-state index in [-0.39, 0.29) is 12.0 Å². The molecule has 2 aromatic carbocycles. The van der Waals surface area contributed by atoms with E-state index < -0.39 is 11.1 Å². The molecule has 0 radical (unpaired) electrons. The van der Waals surface area contributed by atoms with Crippen molar-refractivity contribution in [2.24, 2.45) is 0 Å². The van der Waals surface area contributed by atoms with Crippen molar-refractivity contribution in [2.75, 3.05) is 19.7 Å². The lowest BCUT2D eigenvalue weighted by Crippen LogP contribution is -2.42. The van der Waals surface area contributed by atoms with Crippen molar-refractivity contribution in [3.63, 3.8) is 0 Å². The van der Waals surface area contributed by atoms with E-state index in [1.807, 2.05) is 30.3 Å². The topological polar surface area (TPSA) is 84.4 Å². The summed E-state index contributed by atoms with van der Waals surface area (Å²) >= 11 is 0. The van der Waals surface area contributed by atoms with Crippen LogP contribution in [0.15, 0.2) is 58.1 Å². The fourth-order valence-corrected chi connectivity index (χ4v) is 3.61. The highest BCUT2D eigenvalue weighted by atomic mass is 16.5. The molecule has 28 heavy (non-hydrogen) atoms. The molecule has 1 N–H and O–H groups in total. The second kappa shape index (κ2) is 7.44. The summed E-state index contributed by atoms with van der Waals surface area (Å²) in [6.07, 6.45) is -0.163. The lowest BCUT2D eigenvalue weighted by atomic mass is 10.1. The standard InChI is InChI=1S/C21H21N3O4/c1-2-24-17-9-8-15(12-16(17)22-19(25)21(24)27)20(26)23-10-11-28-18(13-23)14-6-4-3-5-7-14/h3-9,12,18H,2,10-11,13H2,1H3,(H,22,25)/t18-/m0/s1. The first-order valence-corrected chi connectivity index (χ1v) is 9.31. The number of benzene rings is 2. The zero-order valence-corrected chi connectivity index (χ0v) is 15.6. The number of carbonyl (C=O) groups is 1. The zero-order valence-electron chi connectivity index (χ0n) is 15.6. The molecule has 0 saturated carbocycles. The molecule has 144 valence electrons. The molecule has 7 heteroatoms. The Balaban J connectivity index is 1.64. The molecular weight excluding hydrogens is 358 g/mol. The number of amides is 1. The summed E-state index contributed by atoms with van der Waals surface area (Å²) in [5.41, 5.74) is 1.31. The van der Waals surface area contributed by atoms with Gasteiger partial charge in [0, 0.05) is 18.7 Å². The van der Waals surface area contributed by atoms with Crippen molar-refractivity contribution in [2.45, 2.75) is 19.6 Å². The van der Waals surface area contributed by atoms with Gasteiger partial charge in [-0.2, -0.15) is 0 Å². The lowest BCUT2D eigenvalue weighted by molar-refractivity contribution is -0.0228. The van der Waals surface area contributed by atoms with Gasteiger partial charge in [-0.3, -0.25) is 14.4 Å². The van der Waals surface area contributed by atoms with Gasteiger partial charge in [-0.05, 0) is 30.7 Å². The first-order chi connectivity index (χ1) is 13.6. The molecule has 1 amide bonds. The minimum atomic E-state index is -0.686. The van der Waals surface area contributed by atoms with Crippen LogP contribution in [0, 0.1) is 0 Å². The van der Waals surface area contributed by atoms with E-state index >= 15 is 0 Å². The molecule has 1 fully saturated rings. The summed E-state index contributed by atoms with van der Waals surface area (Å²) in [6, 6.07) is 14.9. The van der Waals surface area contributed by atoms with Gasteiger partial charge in [0.2, 0.25) is 0 Å². The second-order valence-electron chi connectivity index (χ2n) is 6.76. The molecule has 1 aromatic heterocycles. The average Bonchev–Trinajstić information content (AvgIpc) is 2.74. The number of carbonyl (C=O) groups excluding carboxylic acids is 1. The summed E-state index contributed by atoms with van der Waals surface area (Å²) in [5.74, 6) is -0.124. The quantitative estimate of drug-likeness (QED) is 0.705. The van der Waals surface area contributed by atoms with E-state index in [9.17, 15) is 14.4 Å². The Hall–Kier alpha value is -3.19. The van der Waals surface area contributed by atoms with Crippen molar-refractivity contribution in [3.8, 4) is 0 Å². The highest BCUT2D eigenvalue weighted by Crippen LogP contribution is 2.23. The van der Waals surface area contributed by atoms with Gasteiger partial charge in [0.15, 0.2) is 0 Å². The van der Waals surface area contributed by atoms with Crippen LogP contribution in [-0.4, -0.2) is 40.1 Å². The van der Waals surface area contributed by atoms with Gasteiger partial charge in [0.05, 0.1) is 24.2 Å². The number of aryl methyl sites for hydroxylation is 1. The van der Waals surface area contributed by atoms with E-state index in [0.29, 0.717) is 42.8 Å². The van der Waals surface area contributed by atoms with Gasteiger partial charge in [0.1, 0.15) is 6.10 Å². The van der Waals surface area contributed by atoms with E-state index in [4.69, 9.17) is 4.74 Å². The summed E-state index contributed by atoms with van der Waals surface area (Å²) in [7, 11) is 0. The number of aromatic amines is 1. The number of fused-ring (bicyclic) bond motifs is 1. The third-order valence-corrected chi connectivity index (χ3v) is 5.06. The molecule has 0 aliphatic carbocycles. The molecule has 0 unspecified atom stereocenters. The molecule has 1 atom stereocenters. The van der Waals surface area contributed by atoms with Crippen LogP contribution in [0.2, 0.25) is 0 Å². The van der Waals surface area contributed by atoms with Crippen LogP contribution >= 0.6 is 0 Å². The van der Waals surface area contributed by atoms with Crippen molar-refractivity contribution < 1.29 is 9.53 Å². The number of rotatable bonds is 3. The smallest absolute Gasteiger partial charge is 0.316 e. The van der Waals surface area contributed by atoms with E-state index in [2.05, 4.69) is 4.98 Å². The largest absolute Gasteiger partial charge is 0.370 e. The van der Waals surface area contributed by atoms with Crippen molar-refractivity contribution in [1.29, 1.82) is 0 Å². The molecule has 1 saturated heterocycles. The Labute approximate surface area is 161 Å². The predicted molar refractivity (Wildman–Crippen MR) is 106 cm³/mol. The number of aromatic nitrogens is 2. The number of hydrogen-bond donors (Lipinski definition) is 1. The highest BCUT2D eigenvalue weighted by molar-refractivity contribution is 5.97. The van der Waals surface area contributed by atoms with Gasteiger partial charge in [-0.15, -0.1) is 0 Å². The van der Waals surface area contributed by atoms with Gasteiger partial charge in [-0.25, -0.2) is 0 Å². The molecule has 3 aromatic rings. The van der Waals surface area contributed by atoms with Crippen molar-refractivity contribution >= 4 is 16.9 Å². The van der Waals surface area contributed by atoms with Gasteiger partial charge in [0.25, 0.3) is 5.91 Å².